The summed E-state index contributed by atoms with van der Waals surface area (Å²) in [6.45, 7) is 1.93. The van der Waals surface area contributed by atoms with E-state index in [0.29, 0.717) is 0 Å². The molecule has 0 saturated carbocycles. The van der Waals surface area contributed by atoms with Crippen LogP contribution in [0.3, 0.4) is 0 Å². The Bertz CT molecular complexity index is 255. The van der Waals surface area contributed by atoms with Crippen LogP contribution in [0.1, 0.15) is 23.7 Å². The van der Waals surface area contributed by atoms with Crippen molar-refractivity contribution in [1.82, 2.24) is 4.98 Å². The van der Waals surface area contributed by atoms with Gasteiger partial charge in [-0.2, -0.15) is 0 Å². The minimum Gasteiger partial charge on any atom is -0.322 e. The molecule has 0 saturated heterocycles. The van der Waals surface area contributed by atoms with Gasteiger partial charge in [0.2, 0.25) is 0 Å². The van der Waals surface area contributed by atoms with Crippen LogP contribution in [-0.2, 0) is 0 Å². The molecule has 0 aromatic carbocycles. The average molecular weight is 233 g/mol. The molecule has 0 fully saturated rings. The number of thiazole rings is 1. The summed E-state index contributed by atoms with van der Waals surface area (Å²) in [5, 5.41) is 2.96. The molecule has 0 aliphatic rings. The van der Waals surface area contributed by atoms with Crippen LogP contribution < -0.4 is 5.73 Å². The van der Waals surface area contributed by atoms with Gasteiger partial charge in [0.15, 0.2) is 0 Å². The maximum absolute atomic E-state index is 5.64. The van der Waals surface area contributed by atoms with Gasteiger partial charge in [0.05, 0.1) is 11.7 Å². The van der Waals surface area contributed by atoms with Crippen LogP contribution >= 0.6 is 27.3 Å². The van der Waals surface area contributed by atoms with Gasteiger partial charge in [0.1, 0.15) is 5.01 Å². The molecule has 0 aliphatic carbocycles. The van der Waals surface area contributed by atoms with Crippen molar-refractivity contribution in [2.75, 3.05) is 0 Å². The summed E-state index contributed by atoms with van der Waals surface area (Å²) in [7, 11) is 0. The van der Waals surface area contributed by atoms with E-state index in [2.05, 4.69) is 20.9 Å². The molecule has 1 heterocycles. The Balaban J connectivity index is 2.81. The standard InChI is InChI=1S/C7H9BrN2S/c1-5(9)7-10-6(2-3-8)4-11-7/h2-5H,9H2,1H3/b3-2+. The van der Waals surface area contributed by atoms with E-state index < -0.39 is 0 Å². The Morgan fingerprint density at radius 2 is 2.55 bits per heavy atom. The molecule has 0 bridgehead atoms. The fraction of sp³-hybridized carbons (Fsp3) is 0.286. The Hall–Kier alpha value is -0.190. The lowest BCUT2D eigenvalue weighted by molar-refractivity contribution is 0.806. The molecule has 1 aromatic rings. The van der Waals surface area contributed by atoms with Gasteiger partial charge in [-0.25, -0.2) is 4.98 Å². The second-order valence-corrected chi connectivity index (χ2v) is 3.61. The van der Waals surface area contributed by atoms with Crippen LogP contribution in [0, 0.1) is 0 Å². The lowest BCUT2D eigenvalue weighted by Crippen LogP contribution is -2.03. The third-order valence-electron chi connectivity index (χ3n) is 1.16. The molecule has 1 rings (SSSR count). The molecule has 1 atom stereocenters. The minimum atomic E-state index is 0.0393. The Kier molecular flexibility index (Phi) is 3.23. The van der Waals surface area contributed by atoms with E-state index in [0.717, 1.165) is 10.7 Å². The van der Waals surface area contributed by atoms with Crippen LogP contribution in [0.4, 0.5) is 0 Å². The summed E-state index contributed by atoms with van der Waals surface area (Å²) in [4.78, 5) is 6.06. The molecule has 2 N–H and O–H groups in total. The normalized spacial score (nSPS) is 14.1. The summed E-state index contributed by atoms with van der Waals surface area (Å²) in [6, 6.07) is 0.0393. The largest absolute Gasteiger partial charge is 0.322 e. The van der Waals surface area contributed by atoms with Crippen LogP contribution in [0.25, 0.3) is 6.08 Å². The second kappa shape index (κ2) is 3.99. The summed E-state index contributed by atoms with van der Waals surface area (Å²) < 4.78 is 0. The quantitative estimate of drug-likeness (QED) is 0.852. The first kappa shape index (κ1) is 8.90. The maximum atomic E-state index is 5.64. The second-order valence-electron chi connectivity index (χ2n) is 2.19. The van der Waals surface area contributed by atoms with Crippen molar-refractivity contribution >= 4 is 33.3 Å². The Labute approximate surface area is 78.3 Å². The van der Waals surface area contributed by atoms with Crippen LogP contribution in [-0.4, -0.2) is 4.98 Å². The first-order chi connectivity index (χ1) is 5.24. The lowest BCUT2D eigenvalue weighted by atomic mass is 10.4. The third kappa shape index (κ3) is 2.39. The van der Waals surface area contributed by atoms with Crippen molar-refractivity contribution in [1.29, 1.82) is 0 Å². The van der Waals surface area contributed by atoms with Crippen LogP contribution in [0.5, 0.6) is 0 Å². The molecule has 60 valence electrons. The highest BCUT2D eigenvalue weighted by molar-refractivity contribution is 9.11. The fourth-order valence-corrected chi connectivity index (χ4v) is 1.67. The van der Waals surface area contributed by atoms with Gasteiger partial charge < -0.3 is 5.73 Å². The SMILES string of the molecule is CC(N)c1nc(/C=C/Br)cs1. The summed E-state index contributed by atoms with van der Waals surface area (Å²) >= 11 is 4.77. The number of aromatic nitrogens is 1. The van der Waals surface area contributed by atoms with Crippen molar-refractivity contribution in [3.05, 3.63) is 21.1 Å². The van der Waals surface area contributed by atoms with Crippen molar-refractivity contribution < 1.29 is 0 Å². The monoisotopic (exact) mass is 232 g/mol. The van der Waals surface area contributed by atoms with Gasteiger partial charge in [-0.15, -0.1) is 11.3 Å². The zero-order chi connectivity index (χ0) is 8.27. The maximum Gasteiger partial charge on any atom is 0.110 e. The average Bonchev–Trinajstić information content (AvgIpc) is 2.37. The van der Waals surface area contributed by atoms with Crippen molar-refractivity contribution in [2.24, 2.45) is 5.73 Å². The highest BCUT2D eigenvalue weighted by atomic mass is 79.9. The Morgan fingerprint density at radius 1 is 1.82 bits per heavy atom. The molecule has 1 unspecified atom stereocenters. The van der Waals surface area contributed by atoms with Gasteiger partial charge in [-0.3, -0.25) is 0 Å². The van der Waals surface area contributed by atoms with E-state index in [1.54, 1.807) is 16.3 Å². The van der Waals surface area contributed by atoms with Crippen molar-refractivity contribution in [2.45, 2.75) is 13.0 Å². The zero-order valence-corrected chi connectivity index (χ0v) is 8.52. The number of halogens is 1. The summed E-state index contributed by atoms with van der Waals surface area (Å²) in [6.07, 6.45) is 1.89. The third-order valence-corrected chi connectivity index (χ3v) is 2.49. The molecule has 0 spiro atoms. The number of rotatable bonds is 2. The highest BCUT2D eigenvalue weighted by Crippen LogP contribution is 2.16. The van der Waals surface area contributed by atoms with Gasteiger partial charge >= 0.3 is 0 Å². The number of nitrogens with zero attached hydrogens (tertiary/aromatic N) is 1. The van der Waals surface area contributed by atoms with E-state index in [9.17, 15) is 0 Å². The van der Waals surface area contributed by atoms with E-state index in [1.165, 1.54) is 0 Å². The van der Waals surface area contributed by atoms with Gasteiger partial charge in [0.25, 0.3) is 0 Å². The van der Waals surface area contributed by atoms with E-state index in [4.69, 9.17) is 5.73 Å². The van der Waals surface area contributed by atoms with Gasteiger partial charge in [-0.1, -0.05) is 15.9 Å². The first-order valence-electron chi connectivity index (χ1n) is 3.22. The molecule has 1 aromatic heterocycles. The molecular weight excluding hydrogens is 224 g/mol. The molecule has 0 aliphatic heterocycles. The summed E-state index contributed by atoms with van der Waals surface area (Å²) in [5.41, 5.74) is 6.59. The van der Waals surface area contributed by atoms with Crippen molar-refractivity contribution in [3.8, 4) is 0 Å². The predicted octanol–water partition coefficient (Wildman–Crippen LogP) is 2.53. The number of hydrogen-bond acceptors (Lipinski definition) is 3. The van der Waals surface area contributed by atoms with Crippen LogP contribution in [0.2, 0.25) is 0 Å². The molecule has 2 nitrogen and oxygen atoms in total. The van der Waals surface area contributed by atoms with Crippen molar-refractivity contribution in [3.63, 3.8) is 0 Å². The lowest BCUT2D eigenvalue weighted by Gasteiger charge is -1.95. The topological polar surface area (TPSA) is 38.9 Å². The zero-order valence-electron chi connectivity index (χ0n) is 6.12. The summed E-state index contributed by atoms with van der Waals surface area (Å²) in [5.74, 6) is 0. The minimum absolute atomic E-state index is 0.0393. The number of nitrogens with two attached hydrogens (primary N) is 1. The molecular formula is C7H9BrN2S. The van der Waals surface area contributed by atoms with E-state index in [1.807, 2.05) is 18.4 Å². The Morgan fingerprint density at radius 3 is 3.00 bits per heavy atom. The van der Waals surface area contributed by atoms with E-state index >= 15 is 0 Å². The molecule has 11 heavy (non-hydrogen) atoms. The smallest absolute Gasteiger partial charge is 0.110 e. The highest BCUT2D eigenvalue weighted by Gasteiger charge is 2.02. The predicted molar refractivity (Wildman–Crippen MR) is 52.7 cm³/mol. The molecule has 4 heteroatoms. The van der Waals surface area contributed by atoms with Gasteiger partial charge in [0, 0.05) is 5.38 Å². The number of hydrogen-bond donors (Lipinski definition) is 1. The molecule has 0 amide bonds. The van der Waals surface area contributed by atoms with Crippen LogP contribution in [0.15, 0.2) is 10.4 Å². The fourth-order valence-electron chi connectivity index (χ4n) is 0.651. The first-order valence-corrected chi connectivity index (χ1v) is 5.01. The van der Waals surface area contributed by atoms with E-state index in [-0.39, 0.29) is 6.04 Å². The van der Waals surface area contributed by atoms with Gasteiger partial charge in [-0.05, 0) is 18.0 Å². The molecule has 0 radical (unpaired) electrons.